The molecule has 1 aliphatic heterocycles. The molecule has 168 valence electrons. The minimum atomic E-state index is -0.897. The van der Waals surface area contributed by atoms with Crippen molar-refractivity contribution in [2.45, 2.75) is 38.4 Å². The van der Waals surface area contributed by atoms with E-state index < -0.39 is 23.6 Å². The molecule has 0 spiro atoms. The number of nitriles is 1. The summed E-state index contributed by atoms with van der Waals surface area (Å²) < 4.78 is 15.1. The van der Waals surface area contributed by atoms with Gasteiger partial charge in [-0.1, -0.05) is 29.8 Å². The zero-order valence-electron chi connectivity index (χ0n) is 17.8. The third kappa shape index (κ3) is 4.89. The monoisotopic (exact) mass is 465 g/mol. The maximum Gasteiger partial charge on any atom is 0.294 e. The maximum atomic E-state index is 13.6. The number of hydrogen-bond acceptors (Lipinski definition) is 5. The molecule has 7 nitrogen and oxygen atoms in total. The van der Waals surface area contributed by atoms with Crippen LogP contribution in [0.1, 0.15) is 40.9 Å². The van der Waals surface area contributed by atoms with Crippen molar-refractivity contribution in [2.24, 2.45) is 0 Å². The van der Waals surface area contributed by atoms with Crippen molar-refractivity contribution in [1.29, 1.82) is 5.26 Å². The van der Waals surface area contributed by atoms with Gasteiger partial charge in [-0.15, -0.1) is 0 Å². The lowest BCUT2D eigenvalue weighted by Crippen LogP contribution is -2.38. The standard InChI is InChI=1S/C24H21ClFN5O2/c1-14-7-15(9-18(26)8-14)12-28-22-24(33)31-19(13-29-22)5-6-21(31)23(32)30-20(11-27)16-3-2-4-17(25)10-16/h2-4,7-10,13,20-21H,5-6,12H2,1H3,(H,28,29)(H,30,32)/t20?,21-/m0/s1. The van der Waals surface area contributed by atoms with Crippen LogP contribution in [-0.4, -0.2) is 15.5 Å². The van der Waals surface area contributed by atoms with Gasteiger partial charge in [0.1, 0.15) is 17.9 Å². The molecule has 2 heterocycles. The van der Waals surface area contributed by atoms with Gasteiger partial charge in [0.15, 0.2) is 5.82 Å². The van der Waals surface area contributed by atoms with Gasteiger partial charge in [-0.3, -0.25) is 14.2 Å². The predicted molar refractivity (Wildman–Crippen MR) is 122 cm³/mol. The molecule has 9 heteroatoms. The fourth-order valence-electron chi connectivity index (χ4n) is 4.03. The molecule has 0 fully saturated rings. The number of nitrogens with one attached hydrogen (secondary N) is 2. The topological polar surface area (TPSA) is 99.8 Å². The van der Waals surface area contributed by atoms with Crippen molar-refractivity contribution in [1.82, 2.24) is 14.9 Å². The van der Waals surface area contributed by atoms with Gasteiger partial charge in [0.25, 0.3) is 5.56 Å². The summed E-state index contributed by atoms with van der Waals surface area (Å²) in [7, 11) is 0. The molecule has 1 amide bonds. The second-order valence-corrected chi connectivity index (χ2v) is 8.38. The van der Waals surface area contributed by atoms with Gasteiger partial charge in [0, 0.05) is 23.5 Å². The highest BCUT2D eigenvalue weighted by atomic mass is 35.5. The molecule has 2 atom stereocenters. The molecular weight excluding hydrogens is 445 g/mol. The first-order valence-electron chi connectivity index (χ1n) is 10.4. The van der Waals surface area contributed by atoms with E-state index in [0.717, 1.165) is 5.56 Å². The predicted octanol–water partition coefficient (Wildman–Crippen LogP) is 3.82. The van der Waals surface area contributed by atoms with Gasteiger partial charge >= 0.3 is 0 Å². The summed E-state index contributed by atoms with van der Waals surface area (Å²) in [6, 6.07) is 11.7. The number of amides is 1. The highest BCUT2D eigenvalue weighted by Gasteiger charge is 2.32. The van der Waals surface area contributed by atoms with Crippen LogP contribution in [0.3, 0.4) is 0 Å². The second-order valence-electron chi connectivity index (χ2n) is 7.94. The Bertz CT molecular complexity index is 1300. The molecule has 33 heavy (non-hydrogen) atoms. The number of aromatic nitrogens is 2. The first kappa shape index (κ1) is 22.5. The number of benzene rings is 2. The Balaban J connectivity index is 1.54. The molecular formula is C24H21ClFN5O2. The lowest BCUT2D eigenvalue weighted by Gasteiger charge is -2.18. The van der Waals surface area contributed by atoms with Crippen LogP contribution in [0.5, 0.6) is 0 Å². The lowest BCUT2D eigenvalue weighted by atomic mass is 10.1. The molecule has 2 N–H and O–H groups in total. The number of halogens is 2. The maximum absolute atomic E-state index is 13.6. The Morgan fingerprint density at radius 2 is 2.18 bits per heavy atom. The number of rotatable bonds is 6. The average Bonchev–Trinajstić information content (AvgIpc) is 3.21. The number of nitrogens with zero attached hydrogens (tertiary/aromatic N) is 3. The Kier molecular flexibility index (Phi) is 6.43. The van der Waals surface area contributed by atoms with E-state index in [-0.39, 0.29) is 18.2 Å². The molecule has 1 unspecified atom stereocenters. The van der Waals surface area contributed by atoms with Crippen molar-refractivity contribution in [3.63, 3.8) is 0 Å². The average molecular weight is 466 g/mol. The van der Waals surface area contributed by atoms with E-state index in [1.165, 1.54) is 16.7 Å². The van der Waals surface area contributed by atoms with Gasteiger partial charge in [-0.2, -0.15) is 5.26 Å². The quantitative estimate of drug-likeness (QED) is 0.576. The molecule has 1 aromatic heterocycles. The van der Waals surface area contributed by atoms with E-state index in [1.54, 1.807) is 37.4 Å². The molecule has 0 radical (unpaired) electrons. The van der Waals surface area contributed by atoms with Crippen LogP contribution in [0, 0.1) is 24.1 Å². The first-order chi connectivity index (χ1) is 15.9. The number of carbonyl (C=O) groups is 1. The zero-order valence-corrected chi connectivity index (χ0v) is 18.6. The van der Waals surface area contributed by atoms with Crippen molar-refractivity contribution >= 4 is 23.3 Å². The van der Waals surface area contributed by atoms with E-state index in [0.29, 0.717) is 34.7 Å². The van der Waals surface area contributed by atoms with Crippen LogP contribution in [-0.2, 0) is 17.8 Å². The largest absolute Gasteiger partial charge is 0.361 e. The third-order valence-electron chi connectivity index (χ3n) is 5.52. The Morgan fingerprint density at radius 1 is 1.36 bits per heavy atom. The summed E-state index contributed by atoms with van der Waals surface area (Å²) >= 11 is 6.00. The van der Waals surface area contributed by atoms with Crippen LogP contribution in [0.2, 0.25) is 5.02 Å². The molecule has 0 bridgehead atoms. The third-order valence-corrected chi connectivity index (χ3v) is 5.76. The fraction of sp³-hybridized carbons (Fsp3) is 0.250. The summed E-state index contributed by atoms with van der Waals surface area (Å²) in [5.41, 5.74) is 2.21. The molecule has 4 rings (SSSR count). The highest BCUT2D eigenvalue weighted by molar-refractivity contribution is 6.30. The van der Waals surface area contributed by atoms with Crippen molar-refractivity contribution in [3.8, 4) is 6.07 Å². The van der Waals surface area contributed by atoms with Gasteiger partial charge in [0.2, 0.25) is 5.91 Å². The number of fused-ring (bicyclic) bond motifs is 1. The van der Waals surface area contributed by atoms with Crippen LogP contribution < -0.4 is 16.2 Å². The fourth-order valence-corrected chi connectivity index (χ4v) is 4.22. The summed E-state index contributed by atoms with van der Waals surface area (Å²) in [4.78, 5) is 30.3. The van der Waals surface area contributed by atoms with E-state index in [4.69, 9.17) is 11.6 Å². The second kappa shape index (κ2) is 9.43. The van der Waals surface area contributed by atoms with E-state index in [2.05, 4.69) is 21.7 Å². The molecule has 0 saturated carbocycles. The minimum Gasteiger partial charge on any atom is -0.361 e. The van der Waals surface area contributed by atoms with E-state index in [1.807, 2.05) is 6.07 Å². The number of carbonyl (C=O) groups excluding carboxylic acids is 1. The molecule has 0 aliphatic carbocycles. The van der Waals surface area contributed by atoms with E-state index >= 15 is 0 Å². The normalized spacial score (nSPS) is 15.4. The van der Waals surface area contributed by atoms with Crippen molar-refractivity contribution in [2.75, 3.05) is 5.32 Å². The molecule has 1 aliphatic rings. The summed E-state index contributed by atoms with van der Waals surface area (Å²) in [5.74, 6) is -0.707. The van der Waals surface area contributed by atoms with Crippen molar-refractivity contribution in [3.05, 3.63) is 92.2 Å². The van der Waals surface area contributed by atoms with Gasteiger partial charge in [-0.25, -0.2) is 9.37 Å². The zero-order chi connectivity index (χ0) is 23.5. The molecule has 2 aromatic carbocycles. The smallest absolute Gasteiger partial charge is 0.294 e. The Labute approximate surface area is 194 Å². The van der Waals surface area contributed by atoms with E-state index in [9.17, 15) is 19.2 Å². The number of hydrogen-bond donors (Lipinski definition) is 2. The first-order valence-corrected chi connectivity index (χ1v) is 10.8. The lowest BCUT2D eigenvalue weighted by molar-refractivity contribution is -0.124. The van der Waals surface area contributed by atoms with Crippen molar-refractivity contribution < 1.29 is 9.18 Å². The van der Waals surface area contributed by atoms with Gasteiger partial charge in [-0.05, 0) is 60.7 Å². The molecule has 0 saturated heterocycles. The van der Waals surface area contributed by atoms with Crippen LogP contribution in [0.15, 0.2) is 53.5 Å². The Morgan fingerprint density at radius 3 is 2.91 bits per heavy atom. The van der Waals surface area contributed by atoms with Gasteiger partial charge in [0.05, 0.1) is 6.07 Å². The molecule has 3 aromatic rings. The minimum absolute atomic E-state index is 0.0760. The summed E-state index contributed by atoms with van der Waals surface area (Å²) in [6.45, 7) is 2.00. The van der Waals surface area contributed by atoms with Crippen LogP contribution in [0.4, 0.5) is 10.2 Å². The highest BCUT2D eigenvalue weighted by Crippen LogP contribution is 2.26. The van der Waals surface area contributed by atoms with Gasteiger partial charge < -0.3 is 10.6 Å². The van der Waals surface area contributed by atoms with Crippen LogP contribution >= 0.6 is 11.6 Å². The number of aryl methyl sites for hydroxylation is 2. The Hall–Kier alpha value is -3.70. The van der Waals surface area contributed by atoms with Crippen LogP contribution in [0.25, 0.3) is 0 Å². The summed E-state index contributed by atoms with van der Waals surface area (Å²) in [5, 5.41) is 15.7. The SMILES string of the molecule is Cc1cc(F)cc(CNc2ncc3n(c2=O)[C@H](C(=O)NC(C#N)c2cccc(Cl)c2)CC3)c1. The number of anilines is 1. The summed E-state index contributed by atoms with van der Waals surface area (Å²) in [6.07, 6.45) is 2.49.